The highest BCUT2D eigenvalue weighted by Gasteiger charge is 2.44. The van der Waals surface area contributed by atoms with E-state index in [9.17, 15) is 38.7 Å². The lowest BCUT2D eigenvalue weighted by Gasteiger charge is -2.41. The van der Waals surface area contributed by atoms with Gasteiger partial charge in [0.05, 0.1) is 83.6 Å². The van der Waals surface area contributed by atoms with E-state index in [0.717, 1.165) is 28.8 Å². The van der Waals surface area contributed by atoms with Crippen molar-refractivity contribution in [3.05, 3.63) is 76.2 Å². The first-order valence-electron chi connectivity index (χ1n) is 34.3. The summed E-state index contributed by atoms with van der Waals surface area (Å²) in [6, 6.07) is 15.4. The summed E-state index contributed by atoms with van der Waals surface area (Å²) >= 11 is 0. The van der Waals surface area contributed by atoms with Crippen molar-refractivity contribution in [3.63, 3.8) is 0 Å². The third-order valence-corrected chi connectivity index (χ3v) is 25.7. The summed E-state index contributed by atoms with van der Waals surface area (Å²) in [7, 11) is 0.235. The van der Waals surface area contributed by atoms with Gasteiger partial charge in [-0.2, -0.15) is 0 Å². The summed E-state index contributed by atoms with van der Waals surface area (Å²) < 4.78 is 40.5. The van der Waals surface area contributed by atoms with E-state index in [1.807, 2.05) is 82.0 Å². The number of Topliss-reactive ketones (excluding diaryl/α,β-unsaturated/α-hetero) is 2. The lowest BCUT2D eigenvalue weighted by Crippen LogP contribution is -2.53. The number of ketones is 2. The standard InChI is InChI=1S/C70H117N7O15Si2/c1-16-52(7)66(56(17-2)48-64(81)77-33-22-30-61(77)67(86-11)53(8)68(82)73-60(70(84)85)47-54-25-19-18-20-26-54)76(10)69(83)59(50(3)4)49-62(79)65(51(5)6)75(9)63(80)31-24-44-93(12,13)92-94(14,15)58-29-21-27-55(46-58)45-57(78)28-23-34-87-36-38-89-40-42-91-43-41-90-39-37-88-35-32-72-74-71/h18-21,25-27,29,46,50-53,56,59-61,65-67H,16-17,22-24,28,30-45,47-49H2,1-15H3,(H,73,82)(H,84,85)/t52-,53+,56+,59-,60-,61-,65-,66-,67+/m1/s1. The van der Waals surface area contributed by atoms with Crippen molar-refractivity contribution < 1.29 is 71.2 Å². The molecule has 0 aliphatic carbocycles. The molecule has 0 spiro atoms. The minimum atomic E-state index is -2.45. The zero-order chi connectivity index (χ0) is 70.0. The number of methoxy groups -OCH3 is 1. The number of azide groups is 1. The molecule has 530 valence electrons. The lowest BCUT2D eigenvalue weighted by atomic mass is 9.80. The molecule has 9 atom stereocenters. The Balaban J connectivity index is 1.53. The van der Waals surface area contributed by atoms with Gasteiger partial charge in [0.25, 0.3) is 0 Å². The van der Waals surface area contributed by atoms with Crippen LogP contribution in [0.1, 0.15) is 131 Å². The number of rotatable bonds is 50. The number of likely N-dealkylation sites (tertiary alicyclic amines) is 1. The highest BCUT2D eigenvalue weighted by Crippen LogP contribution is 2.34. The van der Waals surface area contributed by atoms with Gasteiger partial charge in [-0.05, 0) is 103 Å². The molecule has 0 aromatic heterocycles. The molecule has 3 rings (SSSR count). The molecular weight excluding hydrogens is 1230 g/mol. The monoisotopic (exact) mass is 1350 g/mol. The fourth-order valence-electron chi connectivity index (χ4n) is 13.0. The number of ether oxygens (including phenoxy) is 6. The van der Waals surface area contributed by atoms with E-state index >= 15 is 0 Å². The second-order valence-corrected chi connectivity index (χ2v) is 35.5. The molecular formula is C70H117N7O15Si2. The lowest BCUT2D eigenvalue weighted by molar-refractivity contribution is -0.147. The number of hydrogen-bond donors (Lipinski definition) is 2. The van der Waals surface area contributed by atoms with Gasteiger partial charge < -0.3 is 57.7 Å². The zero-order valence-corrected chi connectivity index (χ0v) is 61.6. The Morgan fingerprint density at radius 2 is 1.34 bits per heavy atom. The van der Waals surface area contributed by atoms with Crippen molar-refractivity contribution in [1.82, 2.24) is 20.0 Å². The number of amides is 4. The maximum Gasteiger partial charge on any atom is 0.326 e. The van der Waals surface area contributed by atoms with Gasteiger partial charge in [-0.25, -0.2) is 4.79 Å². The number of aliphatic carboxylic acids is 1. The fraction of sp³-hybridized carbons (Fsp3) is 0.729. The van der Waals surface area contributed by atoms with Crippen LogP contribution in [0.25, 0.3) is 10.4 Å². The first kappa shape index (κ1) is 82.8. The summed E-state index contributed by atoms with van der Waals surface area (Å²) in [5, 5.41) is 17.3. The summed E-state index contributed by atoms with van der Waals surface area (Å²) in [6.45, 7) is 29.5. The molecule has 94 heavy (non-hydrogen) atoms. The smallest absolute Gasteiger partial charge is 0.326 e. The van der Waals surface area contributed by atoms with Gasteiger partial charge in [-0.1, -0.05) is 128 Å². The second-order valence-electron chi connectivity index (χ2n) is 27.0. The molecule has 4 amide bonds. The van der Waals surface area contributed by atoms with Gasteiger partial charge in [0.1, 0.15) is 11.8 Å². The van der Waals surface area contributed by atoms with E-state index in [1.165, 1.54) is 7.11 Å². The van der Waals surface area contributed by atoms with Crippen molar-refractivity contribution >= 4 is 63.0 Å². The number of carbonyl (C=O) groups excluding carboxylic acids is 6. The predicted octanol–water partition coefficient (Wildman–Crippen LogP) is 9.84. The maximum atomic E-state index is 15.0. The van der Waals surface area contributed by atoms with E-state index in [2.05, 4.69) is 67.5 Å². The first-order chi connectivity index (χ1) is 44.6. The number of likely N-dealkylation sites (N-methyl/N-ethyl adjacent to an activating group) is 1. The highest BCUT2D eigenvalue weighted by atomic mass is 28.4. The van der Waals surface area contributed by atoms with Gasteiger partial charge in [0.2, 0.25) is 31.9 Å². The fourth-order valence-corrected chi connectivity index (χ4v) is 21.4. The molecule has 0 unspecified atom stereocenters. The van der Waals surface area contributed by atoms with E-state index in [-0.39, 0.29) is 84.7 Å². The molecule has 22 nitrogen and oxygen atoms in total. The van der Waals surface area contributed by atoms with Crippen LogP contribution in [0.5, 0.6) is 0 Å². The Labute approximate surface area is 563 Å². The van der Waals surface area contributed by atoms with Gasteiger partial charge in [-0.3, -0.25) is 28.8 Å². The molecule has 2 aromatic rings. The molecule has 24 heteroatoms. The number of benzene rings is 2. The molecule has 1 aliphatic heterocycles. The van der Waals surface area contributed by atoms with Crippen LogP contribution in [0.3, 0.4) is 0 Å². The maximum absolute atomic E-state index is 15.0. The molecule has 1 heterocycles. The quantitative estimate of drug-likeness (QED) is 0.0205. The Morgan fingerprint density at radius 3 is 1.89 bits per heavy atom. The zero-order valence-electron chi connectivity index (χ0n) is 59.6. The molecule has 0 radical (unpaired) electrons. The van der Waals surface area contributed by atoms with Crippen LogP contribution >= 0.6 is 0 Å². The van der Waals surface area contributed by atoms with Crippen LogP contribution in [0, 0.1) is 35.5 Å². The van der Waals surface area contributed by atoms with E-state index in [1.54, 1.807) is 30.8 Å². The summed E-state index contributed by atoms with van der Waals surface area (Å²) in [4.78, 5) is 105. The van der Waals surface area contributed by atoms with Crippen LogP contribution < -0.4 is 10.5 Å². The minimum absolute atomic E-state index is 0.00627. The van der Waals surface area contributed by atoms with E-state index in [0.29, 0.717) is 124 Å². The van der Waals surface area contributed by atoms with Crippen LogP contribution in [0.4, 0.5) is 0 Å². The van der Waals surface area contributed by atoms with Crippen LogP contribution in [0.2, 0.25) is 32.2 Å². The minimum Gasteiger partial charge on any atom is -0.480 e. The van der Waals surface area contributed by atoms with Crippen LogP contribution in [0.15, 0.2) is 59.7 Å². The van der Waals surface area contributed by atoms with Crippen molar-refractivity contribution in [2.45, 2.75) is 195 Å². The third-order valence-electron chi connectivity index (χ3n) is 18.2. The normalized spacial score (nSPS) is 16.1. The van der Waals surface area contributed by atoms with Gasteiger partial charge in [0, 0.05) is 96.3 Å². The molecule has 1 fully saturated rings. The molecule has 2 N–H and O–H groups in total. The summed E-state index contributed by atoms with van der Waals surface area (Å²) in [6.07, 6.45) is 4.38. The Kier molecular flexibility index (Phi) is 38.5. The third kappa shape index (κ3) is 28.7. The summed E-state index contributed by atoms with van der Waals surface area (Å²) in [5.74, 6) is -4.14. The van der Waals surface area contributed by atoms with Crippen molar-refractivity contribution in [3.8, 4) is 0 Å². The summed E-state index contributed by atoms with van der Waals surface area (Å²) in [5.41, 5.74) is 9.98. The number of carbonyl (C=O) groups is 7. The number of carboxylic acids is 1. The molecule has 0 bridgehead atoms. The van der Waals surface area contributed by atoms with Crippen LogP contribution in [-0.2, 0) is 78.9 Å². The number of carboxylic acid groups (broad SMARTS) is 1. The number of hydrogen-bond acceptors (Lipinski definition) is 15. The molecule has 1 saturated heterocycles. The van der Waals surface area contributed by atoms with Crippen molar-refractivity contribution in [2.75, 3.05) is 100 Å². The number of nitrogens with one attached hydrogen (secondary N) is 1. The van der Waals surface area contributed by atoms with Gasteiger partial charge in [-0.15, -0.1) is 0 Å². The highest BCUT2D eigenvalue weighted by molar-refractivity contribution is 6.92. The Bertz CT molecular complexity index is 2660. The van der Waals surface area contributed by atoms with Gasteiger partial charge >= 0.3 is 5.97 Å². The topological polar surface area (TPSA) is 275 Å². The Hall–Kier alpha value is -5.41. The van der Waals surface area contributed by atoms with E-state index < -0.39 is 64.6 Å². The molecule has 0 saturated carbocycles. The Morgan fingerprint density at radius 1 is 0.745 bits per heavy atom. The average Bonchev–Trinajstić information content (AvgIpc) is 1.37. The van der Waals surface area contributed by atoms with Crippen LogP contribution in [-0.4, -0.2) is 208 Å². The number of nitrogens with zero attached hydrogens (tertiary/aromatic N) is 6. The second kappa shape index (κ2) is 43.7. The van der Waals surface area contributed by atoms with Gasteiger partial charge in [0.15, 0.2) is 14.1 Å². The predicted molar refractivity (Wildman–Crippen MR) is 370 cm³/mol. The average molecular weight is 1350 g/mol. The van der Waals surface area contributed by atoms with Crippen molar-refractivity contribution in [2.24, 2.45) is 40.6 Å². The molecule has 2 aromatic carbocycles. The molecule has 1 aliphatic rings. The first-order valence-corrected chi connectivity index (χ1v) is 40.3. The SMILES string of the molecule is CC[C@@H](CC(=O)N1CCC[C@@H]1[C@@H](OC)[C@H](C)C(=O)N[C@H](Cc1ccccc1)C(=O)O)[C@@H]([C@H](C)CC)N(C)C(=O)[C@H](CC(=O)[C@@H](C(C)C)N(C)C(=O)CCC[Si](C)(C)O[Si](C)(C)c1cccc(CC(=O)CCCOCCOCCOCCOCCOCCN=[N+]=[N-])c1)C(C)C. The largest absolute Gasteiger partial charge is 0.480 e. The van der Waals surface area contributed by atoms with Crippen molar-refractivity contribution in [1.29, 1.82) is 0 Å². The van der Waals surface area contributed by atoms with E-state index in [4.69, 9.17) is 38.1 Å².